The van der Waals surface area contributed by atoms with Crippen LogP contribution in [-0.4, -0.2) is 25.4 Å². The number of anilines is 1. The fourth-order valence-electron chi connectivity index (χ4n) is 2.01. The fraction of sp³-hybridized carbons (Fsp3) is 0.278. The molecule has 0 aliphatic heterocycles. The van der Waals surface area contributed by atoms with E-state index in [0.717, 1.165) is 10.2 Å². The van der Waals surface area contributed by atoms with E-state index in [1.165, 1.54) is 5.56 Å². The Balaban J connectivity index is 1.95. The maximum atomic E-state index is 12.4. The second-order valence-corrected chi connectivity index (χ2v) is 7.38. The smallest absolute Gasteiger partial charge is 0.237 e. The van der Waals surface area contributed by atoms with Gasteiger partial charge in [0.05, 0.1) is 25.2 Å². The van der Waals surface area contributed by atoms with Crippen molar-refractivity contribution in [3.05, 3.63) is 52.5 Å². The van der Waals surface area contributed by atoms with Gasteiger partial charge in [-0.05, 0) is 36.8 Å². The third-order valence-electron chi connectivity index (χ3n) is 3.45. The maximum absolute atomic E-state index is 12.4. The van der Waals surface area contributed by atoms with Crippen LogP contribution in [0.1, 0.15) is 12.5 Å². The number of thioether (sulfide) groups is 1. The number of nitrogens with one attached hydrogen (secondary N) is 1. The van der Waals surface area contributed by atoms with Crippen LogP contribution in [0.25, 0.3) is 0 Å². The summed E-state index contributed by atoms with van der Waals surface area (Å²) in [6.45, 7) is 1.90. The minimum Gasteiger partial charge on any atom is -0.497 e. The van der Waals surface area contributed by atoms with Crippen molar-refractivity contribution in [3.63, 3.8) is 0 Å². The minimum absolute atomic E-state index is 0.0550. The first-order valence-electron chi connectivity index (χ1n) is 7.42. The molecule has 128 valence electrons. The highest BCUT2D eigenvalue weighted by atomic mass is 79.9. The molecular formula is C18H20BrNO3S. The van der Waals surface area contributed by atoms with E-state index in [9.17, 15) is 4.79 Å². The topological polar surface area (TPSA) is 47.6 Å². The van der Waals surface area contributed by atoms with Gasteiger partial charge in [-0.15, -0.1) is 11.8 Å². The van der Waals surface area contributed by atoms with E-state index in [1.54, 1.807) is 44.2 Å². The van der Waals surface area contributed by atoms with Crippen molar-refractivity contribution < 1.29 is 14.3 Å². The molecule has 0 saturated carbocycles. The summed E-state index contributed by atoms with van der Waals surface area (Å²) in [6, 6.07) is 13.4. The second kappa shape index (κ2) is 8.99. The zero-order chi connectivity index (χ0) is 17.5. The molecule has 2 aromatic rings. The molecule has 24 heavy (non-hydrogen) atoms. The lowest BCUT2D eigenvalue weighted by Crippen LogP contribution is -2.22. The number of amides is 1. The molecule has 0 fully saturated rings. The monoisotopic (exact) mass is 409 g/mol. The molecule has 2 rings (SSSR count). The van der Waals surface area contributed by atoms with Crippen LogP contribution in [0.3, 0.4) is 0 Å². The third kappa shape index (κ3) is 5.18. The summed E-state index contributed by atoms with van der Waals surface area (Å²) < 4.78 is 11.5. The van der Waals surface area contributed by atoms with E-state index in [4.69, 9.17) is 9.47 Å². The minimum atomic E-state index is -0.180. The van der Waals surface area contributed by atoms with Crippen molar-refractivity contribution in [2.24, 2.45) is 0 Å². The standard InChI is InChI=1S/C18H20BrNO3S/c1-12(24-11-13-4-6-14(19)7-5-13)18(21)20-16-9-8-15(22-2)10-17(16)23-3/h4-10,12H,11H2,1-3H3,(H,20,21)/t12-/m1/s1. The molecule has 0 bridgehead atoms. The molecule has 0 aliphatic carbocycles. The maximum Gasteiger partial charge on any atom is 0.237 e. The molecule has 0 aliphatic rings. The van der Waals surface area contributed by atoms with Crippen molar-refractivity contribution in [1.29, 1.82) is 0 Å². The zero-order valence-electron chi connectivity index (χ0n) is 13.8. The molecule has 6 heteroatoms. The predicted octanol–water partition coefficient (Wildman–Crippen LogP) is 4.73. The van der Waals surface area contributed by atoms with Crippen molar-refractivity contribution in [2.45, 2.75) is 17.9 Å². The average molecular weight is 410 g/mol. The lowest BCUT2D eigenvalue weighted by molar-refractivity contribution is -0.115. The van der Waals surface area contributed by atoms with Crippen LogP contribution in [0.2, 0.25) is 0 Å². The van der Waals surface area contributed by atoms with E-state index < -0.39 is 0 Å². The van der Waals surface area contributed by atoms with E-state index in [-0.39, 0.29) is 11.2 Å². The number of rotatable bonds is 7. The Kier molecular flexibility index (Phi) is 6.99. The van der Waals surface area contributed by atoms with Gasteiger partial charge in [-0.25, -0.2) is 0 Å². The summed E-state index contributed by atoms with van der Waals surface area (Å²) in [5.41, 5.74) is 1.82. The van der Waals surface area contributed by atoms with Gasteiger partial charge in [0, 0.05) is 16.3 Å². The van der Waals surface area contributed by atoms with Gasteiger partial charge >= 0.3 is 0 Å². The summed E-state index contributed by atoms with van der Waals surface area (Å²) in [4.78, 5) is 12.4. The Hall–Kier alpha value is -1.66. The van der Waals surface area contributed by atoms with Crippen LogP contribution in [0.4, 0.5) is 5.69 Å². The summed E-state index contributed by atoms with van der Waals surface area (Å²) in [7, 11) is 3.16. The molecule has 0 radical (unpaired) electrons. The van der Waals surface area contributed by atoms with Gasteiger partial charge < -0.3 is 14.8 Å². The highest BCUT2D eigenvalue weighted by Gasteiger charge is 2.16. The summed E-state index contributed by atoms with van der Waals surface area (Å²) in [5.74, 6) is 1.98. The van der Waals surface area contributed by atoms with E-state index >= 15 is 0 Å². The first-order chi connectivity index (χ1) is 11.5. The van der Waals surface area contributed by atoms with Crippen molar-refractivity contribution in [3.8, 4) is 11.5 Å². The van der Waals surface area contributed by atoms with Crippen LogP contribution < -0.4 is 14.8 Å². The third-order valence-corrected chi connectivity index (χ3v) is 5.19. The Morgan fingerprint density at radius 2 is 1.88 bits per heavy atom. The molecule has 2 aromatic carbocycles. The van der Waals surface area contributed by atoms with Gasteiger partial charge in [-0.2, -0.15) is 0 Å². The number of methoxy groups -OCH3 is 2. The van der Waals surface area contributed by atoms with E-state index in [1.807, 2.05) is 31.2 Å². The van der Waals surface area contributed by atoms with Crippen molar-refractivity contribution >= 4 is 39.3 Å². The molecule has 0 spiro atoms. The Labute approximate surface area is 155 Å². The summed E-state index contributed by atoms with van der Waals surface area (Å²) in [5, 5.41) is 2.73. The quantitative estimate of drug-likeness (QED) is 0.717. The van der Waals surface area contributed by atoms with Gasteiger partial charge in [0.15, 0.2) is 0 Å². The molecule has 0 unspecified atom stereocenters. The van der Waals surface area contributed by atoms with Crippen LogP contribution in [0.5, 0.6) is 11.5 Å². The first-order valence-corrected chi connectivity index (χ1v) is 9.26. The molecule has 0 aromatic heterocycles. The van der Waals surface area contributed by atoms with Gasteiger partial charge in [0.1, 0.15) is 11.5 Å². The Morgan fingerprint density at radius 3 is 2.50 bits per heavy atom. The van der Waals surface area contributed by atoms with E-state index in [0.29, 0.717) is 17.2 Å². The van der Waals surface area contributed by atoms with Crippen LogP contribution >= 0.6 is 27.7 Å². The molecule has 4 nitrogen and oxygen atoms in total. The highest BCUT2D eigenvalue weighted by Crippen LogP contribution is 2.30. The number of hydrogen-bond acceptors (Lipinski definition) is 4. The molecule has 1 atom stereocenters. The van der Waals surface area contributed by atoms with Crippen molar-refractivity contribution in [2.75, 3.05) is 19.5 Å². The van der Waals surface area contributed by atoms with Gasteiger partial charge in [-0.3, -0.25) is 4.79 Å². The largest absolute Gasteiger partial charge is 0.497 e. The van der Waals surface area contributed by atoms with Gasteiger partial charge in [0.2, 0.25) is 5.91 Å². The second-order valence-electron chi connectivity index (χ2n) is 5.14. The zero-order valence-corrected chi connectivity index (χ0v) is 16.2. The number of hydrogen-bond donors (Lipinski definition) is 1. The summed E-state index contributed by atoms with van der Waals surface area (Å²) in [6.07, 6.45) is 0. The van der Waals surface area contributed by atoms with Crippen LogP contribution in [-0.2, 0) is 10.5 Å². The first kappa shape index (κ1) is 18.7. The lowest BCUT2D eigenvalue weighted by Gasteiger charge is -2.15. The van der Waals surface area contributed by atoms with Crippen LogP contribution in [0.15, 0.2) is 46.9 Å². The number of ether oxygens (including phenoxy) is 2. The Bertz CT molecular complexity index is 691. The molecule has 0 saturated heterocycles. The number of carbonyl (C=O) groups excluding carboxylic acids is 1. The molecule has 0 heterocycles. The number of carbonyl (C=O) groups is 1. The van der Waals surface area contributed by atoms with Crippen LogP contribution in [0, 0.1) is 0 Å². The average Bonchev–Trinajstić information content (AvgIpc) is 2.61. The molecular weight excluding hydrogens is 390 g/mol. The lowest BCUT2D eigenvalue weighted by atomic mass is 10.2. The number of halogens is 1. The van der Waals surface area contributed by atoms with Crippen molar-refractivity contribution in [1.82, 2.24) is 0 Å². The molecule has 1 amide bonds. The Morgan fingerprint density at radius 1 is 1.17 bits per heavy atom. The normalized spacial score (nSPS) is 11.7. The SMILES string of the molecule is COc1ccc(NC(=O)[C@@H](C)SCc2ccc(Br)cc2)c(OC)c1. The van der Waals surface area contributed by atoms with Gasteiger partial charge in [0.25, 0.3) is 0 Å². The van der Waals surface area contributed by atoms with Gasteiger partial charge in [-0.1, -0.05) is 28.1 Å². The highest BCUT2D eigenvalue weighted by molar-refractivity contribution is 9.10. The predicted molar refractivity (Wildman–Crippen MR) is 103 cm³/mol. The summed E-state index contributed by atoms with van der Waals surface area (Å²) >= 11 is 5.01. The van der Waals surface area contributed by atoms with E-state index in [2.05, 4.69) is 21.2 Å². The molecule has 1 N–H and O–H groups in total. The fourth-order valence-corrected chi connectivity index (χ4v) is 3.12. The number of benzene rings is 2.